The fourth-order valence-electron chi connectivity index (χ4n) is 1.51. The minimum atomic E-state index is -0.627. The molecule has 0 spiro atoms. The van der Waals surface area contributed by atoms with Gasteiger partial charge in [0.2, 0.25) is 5.82 Å². The second kappa shape index (κ2) is 5.21. The lowest BCUT2D eigenvalue weighted by Gasteiger charge is -2.02. The Morgan fingerprint density at radius 2 is 2.20 bits per heavy atom. The zero-order valence-electron chi connectivity index (χ0n) is 10.6. The van der Waals surface area contributed by atoms with E-state index < -0.39 is 10.8 Å². The lowest BCUT2D eigenvalue weighted by Crippen LogP contribution is -2.14. The molecule has 0 aliphatic heterocycles. The third-order valence-corrected chi connectivity index (χ3v) is 3.51. The normalized spacial score (nSPS) is 10.3. The topological polar surface area (TPSA) is 107 Å². The second-order valence-corrected chi connectivity index (χ2v) is 4.88. The number of carbonyl (C=O) groups is 2. The number of nitro groups is 1. The minimum Gasteiger partial charge on any atom is -0.300 e. The maximum atomic E-state index is 12.0. The Morgan fingerprint density at radius 1 is 1.50 bits per heavy atom. The van der Waals surface area contributed by atoms with Crippen LogP contribution in [-0.2, 0) is 7.05 Å². The largest absolute Gasteiger partial charge is 0.331 e. The van der Waals surface area contributed by atoms with Gasteiger partial charge >= 0.3 is 5.69 Å². The van der Waals surface area contributed by atoms with E-state index in [1.54, 1.807) is 5.38 Å². The molecule has 2 heterocycles. The molecule has 20 heavy (non-hydrogen) atoms. The molecule has 0 unspecified atom stereocenters. The van der Waals surface area contributed by atoms with Crippen molar-refractivity contribution in [1.82, 2.24) is 9.78 Å². The molecule has 0 radical (unpaired) electrons. The molecule has 0 fully saturated rings. The summed E-state index contributed by atoms with van der Waals surface area (Å²) < 4.78 is 1.20. The maximum absolute atomic E-state index is 12.0. The smallest absolute Gasteiger partial charge is 0.300 e. The van der Waals surface area contributed by atoms with Crippen molar-refractivity contribution in [1.29, 1.82) is 0 Å². The maximum Gasteiger partial charge on any atom is 0.331 e. The Morgan fingerprint density at radius 3 is 2.75 bits per heavy atom. The van der Waals surface area contributed by atoms with Gasteiger partial charge in [0.25, 0.3) is 5.91 Å². The van der Waals surface area contributed by atoms with Crippen LogP contribution in [0.1, 0.15) is 27.0 Å². The van der Waals surface area contributed by atoms with Crippen molar-refractivity contribution in [2.75, 3.05) is 5.32 Å². The number of hydrogen-bond acceptors (Lipinski definition) is 6. The third-order valence-electron chi connectivity index (χ3n) is 2.58. The number of aryl methyl sites for hydroxylation is 1. The standard InChI is InChI=1S/C11H10N4O4S/c1-6(16)7-3-9(20-5-7)11(17)13-10-8(15(18)19)4-12-14(10)2/h3-5H,1-2H3,(H,13,17). The van der Waals surface area contributed by atoms with E-state index in [0.717, 1.165) is 17.5 Å². The molecule has 8 nitrogen and oxygen atoms in total. The van der Waals surface area contributed by atoms with Crippen molar-refractivity contribution in [2.45, 2.75) is 6.92 Å². The molecule has 0 saturated heterocycles. The molecule has 2 aromatic rings. The number of thiophene rings is 1. The summed E-state index contributed by atoms with van der Waals surface area (Å²) in [5.74, 6) is -0.668. The molecule has 1 N–H and O–H groups in total. The average Bonchev–Trinajstić information content (AvgIpc) is 2.97. The molecule has 9 heteroatoms. The van der Waals surface area contributed by atoms with E-state index >= 15 is 0 Å². The number of aromatic nitrogens is 2. The Hall–Kier alpha value is -2.55. The summed E-state index contributed by atoms with van der Waals surface area (Å²) in [4.78, 5) is 33.6. The first-order chi connectivity index (χ1) is 9.40. The van der Waals surface area contributed by atoms with Crippen molar-refractivity contribution >= 4 is 34.5 Å². The van der Waals surface area contributed by atoms with Crippen molar-refractivity contribution in [3.8, 4) is 0 Å². The molecule has 0 atom stereocenters. The highest BCUT2D eigenvalue weighted by Gasteiger charge is 2.22. The Balaban J connectivity index is 2.25. The van der Waals surface area contributed by atoms with E-state index in [4.69, 9.17) is 0 Å². The lowest BCUT2D eigenvalue weighted by molar-refractivity contribution is -0.384. The summed E-state index contributed by atoms with van der Waals surface area (Å²) in [5.41, 5.74) is 0.142. The molecule has 0 aliphatic rings. The zero-order valence-corrected chi connectivity index (χ0v) is 11.4. The first-order valence-corrected chi connectivity index (χ1v) is 6.35. The van der Waals surface area contributed by atoms with Crippen LogP contribution in [0.25, 0.3) is 0 Å². The summed E-state index contributed by atoms with van der Waals surface area (Å²) in [5, 5.41) is 18.5. The Kier molecular flexibility index (Phi) is 3.61. The van der Waals surface area contributed by atoms with E-state index in [9.17, 15) is 19.7 Å². The molecule has 104 valence electrons. The predicted molar refractivity (Wildman–Crippen MR) is 72.1 cm³/mol. The number of nitrogens with one attached hydrogen (secondary N) is 1. The number of hydrogen-bond donors (Lipinski definition) is 1. The van der Waals surface area contributed by atoms with Crippen LogP contribution >= 0.6 is 11.3 Å². The third kappa shape index (κ3) is 2.57. The summed E-state index contributed by atoms with van der Waals surface area (Å²) in [7, 11) is 1.48. The molecule has 1 amide bonds. The molecule has 0 aromatic carbocycles. The first kappa shape index (κ1) is 13.9. The van der Waals surface area contributed by atoms with Gasteiger partial charge in [0.05, 0.1) is 9.80 Å². The SMILES string of the molecule is CC(=O)c1csc(C(=O)Nc2c([N+](=O)[O-])cnn2C)c1. The lowest BCUT2D eigenvalue weighted by atomic mass is 10.2. The van der Waals surface area contributed by atoms with Crippen molar-refractivity contribution in [3.63, 3.8) is 0 Å². The van der Waals surface area contributed by atoms with Gasteiger partial charge in [-0.05, 0) is 13.0 Å². The van der Waals surface area contributed by atoms with Gasteiger partial charge in [0.1, 0.15) is 6.20 Å². The zero-order chi connectivity index (χ0) is 14.9. The number of rotatable bonds is 4. The fourth-order valence-corrected chi connectivity index (χ4v) is 2.35. The van der Waals surface area contributed by atoms with E-state index in [1.807, 2.05) is 0 Å². The predicted octanol–water partition coefficient (Wildman–Crippen LogP) is 1.84. The van der Waals surface area contributed by atoms with E-state index in [0.29, 0.717) is 10.4 Å². The summed E-state index contributed by atoms with van der Waals surface area (Å²) in [6.07, 6.45) is 1.06. The molecule has 0 saturated carbocycles. The minimum absolute atomic E-state index is 0.00206. The molecular weight excluding hydrogens is 284 g/mol. The second-order valence-electron chi connectivity index (χ2n) is 3.97. The number of anilines is 1. The summed E-state index contributed by atoms with van der Waals surface area (Å²) >= 11 is 1.10. The van der Waals surface area contributed by atoms with Gasteiger partial charge in [-0.15, -0.1) is 11.3 Å². The van der Waals surface area contributed by atoms with Crippen molar-refractivity contribution in [2.24, 2.45) is 7.05 Å². The monoisotopic (exact) mass is 294 g/mol. The fraction of sp³-hybridized carbons (Fsp3) is 0.182. The van der Waals surface area contributed by atoms with Gasteiger partial charge in [0, 0.05) is 18.0 Å². The highest BCUT2D eigenvalue weighted by atomic mass is 32.1. The van der Waals surface area contributed by atoms with Crippen LogP contribution in [0.4, 0.5) is 11.5 Å². The Labute approximate surface area is 117 Å². The van der Waals surface area contributed by atoms with Gasteiger partial charge < -0.3 is 5.32 Å². The number of carbonyl (C=O) groups excluding carboxylic acids is 2. The molecule has 2 rings (SSSR count). The quantitative estimate of drug-likeness (QED) is 0.526. The van der Waals surface area contributed by atoms with Crippen LogP contribution in [0.15, 0.2) is 17.6 Å². The van der Waals surface area contributed by atoms with Crippen LogP contribution in [0, 0.1) is 10.1 Å². The number of ketones is 1. The van der Waals surface area contributed by atoms with Crippen LogP contribution < -0.4 is 5.32 Å². The molecule has 0 aliphatic carbocycles. The van der Waals surface area contributed by atoms with Crippen molar-refractivity contribution in [3.05, 3.63) is 38.2 Å². The van der Waals surface area contributed by atoms with Gasteiger partial charge in [0.15, 0.2) is 5.78 Å². The van der Waals surface area contributed by atoms with Crippen LogP contribution in [0.5, 0.6) is 0 Å². The highest BCUT2D eigenvalue weighted by Crippen LogP contribution is 2.24. The molecule has 2 aromatic heterocycles. The summed E-state index contributed by atoms with van der Waals surface area (Å²) in [6, 6.07) is 1.45. The summed E-state index contributed by atoms with van der Waals surface area (Å²) in [6.45, 7) is 1.40. The van der Waals surface area contributed by atoms with Crippen LogP contribution in [0.3, 0.4) is 0 Å². The van der Waals surface area contributed by atoms with E-state index in [2.05, 4.69) is 10.4 Å². The molecule has 0 bridgehead atoms. The van der Waals surface area contributed by atoms with Crippen LogP contribution in [-0.4, -0.2) is 26.4 Å². The number of Topliss-reactive ketones (excluding diaryl/α,β-unsaturated/α-hetero) is 1. The van der Waals surface area contributed by atoms with Gasteiger partial charge in [-0.25, -0.2) is 4.68 Å². The van der Waals surface area contributed by atoms with Gasteiger partial charge in [-0.2, -0.15) is 5.10 Å². The average molecular weight is 294 g/mol. The first-order valence-electron chi connectivity index (χ1n) is 5.47. The van der Waals surface area contributed by atoms with Crippen molar-refractivity contribution < 1.29 is 14.5 Å². The van der Waals surface area contributed by atoms with Crippen LogP contribution in [0.2, 0.25) is 0 Å². The molecular formula is C11H10N4O4S. The van der Waals surface area contributed by atoms with E-state index in [1.165, 1.54) is 24.7 Å². The van der Waals surface area contributed by atoms with Gasteiger partial charge in [-0.1, -0.05) is 0 Å². The number of nitrogens with zero attached hydrogens (tertiary/aromatic N) is 3. The number of amides is 1. The highest BCUT2D eigenvalue weighted by molar-refractivity contribution is 7.12. The van der Waals surface area contributed by atoms with E-state index in [-0.39, 0.29) is 17.3 Å². The Bertz CT molecular complexity index is 703. The van der Waals surface area contributed by atoms with Gasteiger partial charge in [-0.3, -0.25) is 19.7 Å².